The van der Waals surface area contributed by atoms with Crippen molar-refractivity contribution in [1.82, 2.24) is 10.2 Å². The molecule has 0 aliphatic carbocycles. The number of amides is 2. The van der Waals surface area contributed by atoms with E-state index >= 15 is 0 Å². The number of nitrogens with one attached hydrogen (secondary N) is 1. The van der Waals surface area contributed by atoms with Crippen molar-refractivity contribution in [3.05, 3.63) is 0 Å². The van der Waals surface area contributed by atoms with E-state index in [-0.39, 0.29) is 23.8 Å². The zero-order valence-corrected chi connectivity index (χ0v) is 14.5. The van der Waals surface area contributed by atoms with Gasteiger partial charge >= 0.3 is 18.0 Å². The van der Waals surface area contributed by atoms with Gasteiger partial charge in [-0.1, -0.05) is 13.8 Å². The summed E-state index contributed by atoms with van der Waals surface area (Å²) in [7, 11) is 1.31. The molecule has 0 aromatic rings. The molecule has 1 fully saturated rings. The summed E-state index contributed by atoms with van der Waals surface area (Å²) in [6, 6.07) is -0.932. The van der Waals surface area contributed by atoms with E-state index in [9.17, 15) is 14.4 Å². The lowest BCUT2D eigenvalue weighted by molar-refractivity contribution is -0.149. The van der Waals surface area contributed by atoms with Gasteiger partial charge in [-0.05, 0) is 32.1 Å². The van der Waals surface area contributed by atoms with E-state index in [1.165, 1.54) is 7.11 Å². The molecule has 1 heterocycles. The Kier molecular flexibility index (Phi) is 7.85. The summed E-state index contributed by atoms with van der Waals surface area (Å²) in [6.07, 6.45) is 1.69. The monoisotopic (exact) mass is 328 g/mol. The Balaban J connectivity index is 2.51. The molecule has 0 saturated carbocycles. The van der Waals surface area contributed by atoms with Gasteiger partial charge in [0.25, 0.3) is 0 Å². The highest BCUT2D eigenvalue weighted by Crippen LogP contribution is 2.19. The highest BCUT2D eigenvalue weighted by molar-refractivity contribution is 5.83. The Hall–Kier alpha value is -1.79. The molecule has 1 rings (SSSR count). The topological polar surface area (TPSA) is 84.9 Å². The van der Waals surface area contributed by atoms with Crippen molar-refractivity contribution in [2.75, 3.05) is 26.8 Å². The molecule has 0 bridgehead atoms. The minimum atomic E-state index is -0.643. The van der Waals surface area contributed by atoms with Crippen molar-refractivity contribution >= 4 is 18.0 Å². The minimum absolute atomic E-state index is 0.147. The van der Waals surface area contributed by atoms with Crippen molar-refractivity contribution < 1.29 is 23.9 Å². The van der Waals surface area contributed by atoms with Gasteiger partial charge in [0.05, 0.1) is 19.6 Å². The van der Waals surface area contributed by atoms with Crippen LogP contribution >= 0.6 is 0 Å². The molecule has 1 N–H and O–H groups in total. The van der Waals surface area contributed by atoms with Crippen LogP contribution < -0.4 is 5.32 Å². The second kappa shape index (κ2) is 9.37. The number of methoxy groups -OCH3 is 1. The number of urea groups is 1. The quantitative estimate of drug-likeness (QED) is 0.748. The van der Waals surface area contributed by atoms with Crippen molar-refractivity contribution in [2.45, 2.75) is 46.1 Å². The number of carbonyl (C=O) groups is 3. The van der Waals surface area contributed by atoms with Crippen LogP contribution in [0.3, 0.4) is 0 Å². The SMILES string of the molecule is CCOC(=O)C1CCN(C(=O)NC(CC(C)C)C(=O)OC)CC1. The molecule has 0 radical (unpaired) electrons. The Morgan fingerprint density at radius 3 is 2.30 bits per heavy atom. The molecule has 132 valence electrons. The maximum Gasteiger partial charge on any atom is 0.328 e. The van der Waals surface area contributed by atoms with E-state index in [1.807, 2.05) is 13.8 Å². The number of nitrogens with zero attached hydrogens (tertiary/aromatic N) is 1. The van der Waals surface area contributed by atoms with E-state index in [4.69, 9.17) is 9.47 Å². The third-order valence-corrected chi connectivity index (χ3v) is 3.89. The number of piperidine rings is 1. The molecule has 1 saturated heterocycles. The maximum absolute atomic E-state index is 12.3. The van der Waals surface area contributed by atoms with Crippen LogP contribution in [0.15, 0.2) is 0 Å². The first kappa shape index (κ1) is 19.3. The van der Waals surface area contributed by atoms with Gasteiger partial charge in [-0.15, -0.1) is 0 Å². The van der Waals surface area contributed by atoms with E-state index < -0.39 is 12.0 Å². The summed E-state index contributed by atoms with van der Waals surface area (Å²) in [5.41, 5.74) is 0. The van der Waals surface area contributed by atoms with Gasteiger partial charge in [-0.25, -0.2) is 9.59 Å². The average Bonchev–Trinajstić information content (AvgIpc) is 2.53. The predicted molar refractivity (Wildman–Crippen MR) is 84.7 cm³/mol. The molecule has 2 amide bonds. The lowest BCUT2D eigenvalue weighted by Gasteiger charge is -2.32. The van der Waals surface area contributed by atoms with Gasteiger partial charge in [0.1, 0.15) is 6.04 Å². The average molecular weight is 328 g/mol. The van der Waals surface area contributed by atoms with Gasteiger partial charge in [-0.2, -0.15) is 0 Å². The van der Waals surface area contributed by atoms with E-state index in [2.05, 4.69) is 5.32 Å². The van der Waals surface area contributed by atoms with Gasteiger partial charge in [0, 0.05) is 13.1 Å². The van der Waals surface area contributed by atoms with Gasteiger partial charge in [-0.3, -0.25) is 4.79 Å². The fourth-order valence-electron chi connectivity index (χ4n) is 2.65. The fourth-order valence-corrected chi connectivity index (χ4v) is 2.65. The molecule has 0 aromatic heterocycles. The molecular weight excluding hydrogens is 300 g/mol. The van der Waals surface area contributed by atoms with Crippen LogP contribution in [0.5, 0.6) is 0 Å². The molecule has 1 aliphatic rings. The second-order valence-corrected chi connectivity index (χ2v) is 6.17. The van der Waals surface area contributed by atoms with E-state index in [0.29, 0.717) is 39.0 Å². The van der Waals surface area contributed by atoms with Gasteiger partial charge < -0.3 is 19.7 Å². The van der Waals surface area contributed by atoms with Crippen molar-refractivity contribution in [3.63, 3.8) is 0 Å². The maximum atomic E-state index is 12.3. The summed E-state index contributed by atoms with van der Waals surface area (Å²) < 4.78 is 9.76. The summed E-state index contributed by atoms with van der Waals surface area (Å²) in [4.78, 5) is 37.4. The number of carbonyl (C=O) groups excluding carboxylic acids is 3. The third-order valence-electron chi connectivity index (χ3n) is 3.89. The summed E-state index contributed by atoms with van der Waals surface area (Å²) in [6.45, 7) is 7.06. The van der Waals surface area contributed by atoms with Crippen LogP contribution in [-0.4, -0.2) is 55.7 Å². The minimum Gasteiger partial charge on any atom is -0.467 e. The van der Waals surface area contributed by atoms with Crippen molar-refractivity contribution in [3.8, 4) is 0 Å². The van der Waals surface area contributed by atoms with Gasteiger partial charge in [0.15, 0.2) is 0 Å². The van der Waals surface area contributed by atoms with Crippen LogP contribution in [0.2, 0.25) is 0 Å². The predicted octanol–water partition coefficient (Wildman–Crippen LogP) is 1.56. The Morgan fingerprint density at radius 1 is 1.22 bits per heavy atom. The fraction of sp³-hybridized carbons (Fsp3) is 0.812. The molecular formula is C16H28N2O5. The van der Waals surface area contributed by atoms with E-state index in [1.54, 1.807) is 11.8 Å². The largest absolute Gasteiger partial charge is 0.467 e. The number of rotatable bonds is 6. The zero-order valence-electron chi connectivity index (χ0n) is 14.5. The zero-order chi connectivity index (χ0) is 17.4. The summed E-state index contributed by atoms with van der Waals surface area (Å²) >= 11 is 0. The molecule has 7 nitrogen and oxygen atoms in total. The van der Waals surface area contributed by atoms with Crippen molar-refractivity contribution in [2.24, 2.45) is 11.8 Å². The Bertz CT molecular complexity index is 417. The smallest absolute Gasteiger partial charge is 0.328 e. The van der Waals surface area contributed by atoms with Crippen LogP contribution in [0.1, 0.15) is 40.0 Å². The van der Waals surface area contributed by atoms with E-state index in [0.717, 1.165) is 0 Å². The number of ether oxygens (including phenoxy) is 2. The summed E-state index contributed by atoms with van der Waals surface area (Å²) in [5, 5.41) is 2.73. The van der Waals surface area contributed by atoms with Gasteiger partial charge in [0.2, 0.25) is 0 Å². The molecule has 23 heavy (non-hydrogen) atoms. The third kappa shape index (κ3) is 6.08. The standard InChI is InChI=1S/C16H28N2O5/c1-5-23-14(19)12-6-8-18(9-7-12)16(21)17-13(10-11(2)3)15(20)22-4/h11-13H,5-10H2,1-4H3,(H,17,21). The first-order valence-electron chi connectivity index (χ1n) is 8.18. The Labute approximate surface area is 137 Å². The molecule has 7 heteroatoms. The molecule has 0 spiro atoms. The molecule has 1 atom stereocenters. The van der Waals surface area contributed by atoms with Crippen molar-refractivity contribution in [1.29, 1.82) is 0 Å². The molecule has 0 aromatic carbocycles. The molecule has 1 aliphatic heterocycles. The highest BCUT2D eigenvalue weighted by Gasteiger charge is 2.30. The van der Waals surface area contributed by atoms with Crippen LogP contribution in [-0.2, 0) is 19.1 Å². The number of hydrogen-bond acceptors (Lipinski definition) is 5. The number of esters is 2. The summed E-state index contributed by atoms with van der Waals surface area (Å²) in [5.74, 6) is -0.520. The lowest BCUT2D eigenvalue weighted by atomic mass is 9.97. The van der Waals surface area contributed by atoms with Crippen LogP contribution in [0, 0.1) is 11.8 Å². The first-order valence-corrected chi connectivity index (χ1v) is 8.18. The van der Waals surface area contributed by atoms with Crippen LogP contribution in [0.4, 0.5) is 4.79 Å². The number of likely N-dealkylation sites (tertiary alicyclic amines) is 1. The second-order valence-electron chi connectivity index (χ2n) is 6.17. The number of hydrogen-bond donors (Lipinski definition) is 1. The Morgan fingerprint density at radius 2 is 1.83 bits per heavy atom. The molecule has 1 unspecified atom stereocenters. The van der Waals surface area contributed by atoms with Crippen LogP contribution in [0.25, 0.3) is 0 Å². The lowest BCUT2D eigenvalue weighted by Crippen LogP contribution is -2.51. The highest BCUT2D eigenvalue weighted by atomic mass is 16.5. The normalized spacial score (nSPS) is 16.8. The first-order chi connectivity index (χ1) is 10.9.